The molecule has 0 radical (unpaired) electrons. The molecule has 5 heteroatoms. The summed E-state index contributed by atoms with van der Waals surface area (Å²) < 4.78 is 2.74. The van der Waals surface area contributed by atoms with E-state index in [0.29, 0.717) is 11.3 Å². The Hall–Kier alpha value is -2.14. The van der Waals surface area contributed by atoms with Gasteiger partial charge in [0.25, 0.3) is 0 Å². The molecule has 0 saturated heterocycles. The lowest BCUT2D eigenvalue weighted by Crippen LogP contribution is -1.97. The molecule has 0 aliphatic carbocycles. The maximum Gasteiger partial charge on any atom is 0.356 e. The SMILES string of the molecule is Cc1ccc(Br)cc1-c1nc(C(=O)O)c2ccccn12. The number of rotatable bonds is 2. The number of carboxylic acid groups (broad SMARTS) is 1. The molecule has 0 amide bonds. The van der Waals surface area contributed by atoms with E-state index in [4.69, 9.17) is 0 Å². The van der Waals surface area contributed by atoms with Gasteiger partial charge in [0.05, 0.1) is 5.52 Å². The van der Waals surface area contributed by atoms with Crippen molar-refractivity contribution < 1.29 is 9.90 Å². The molecular weight excluding hydrogens is 320 g/mol. The largest absolute Gasteiger partial charge is 0.476 e. The number of aromatic nitrogens is 2. The smallest absolute Gasteiger partial charge is 0.356 e. The number of carbonyl (C=O) groups is 1. The number of halogens is 1. The third-order valence-electron chi connectivity index (χ3n) is 3.19. The lowest BCUT2D eigenvalue weighted by Gasteiger charge is -2.05. The van der Waals surface area contributed by atoms with Gasteiger partial charge in [-0.25, -0.2) is 9.78 Å². The normalized spacial score (nSPS) is 10.9. The molecule has 3 rings (SSSR count). The van der Waals surface area contributed by atoms with E-state index in [2.05, 4.69) is 20.9 Å². The van der Waals surface area contributed by atoms with Crippen molar-refractivity contribution in [2.24, 2.45) is 0 Å². The first-order valence-corrected chi connectivity index (χ1v) is 6.84. The monoisotopic (exact) mass is 330 g/mol. The van der Waals surface area contributed by atoms with Crippen molar-refractivity contribution in [3.63, 3.8) is 0 Å². The van der Waals surface area contributed by atoms with Gasteiger partial charge >= 0.3 is 5.97 Å². The molecule has 0 bridgehead atoms. The summed E-state index contributed by atoms with van der Waals surface area (Å²) in [6, 6.07) is 11.3. The van der Waals surface area contributed by atoms with Crippen LogP contribution >= 0.6 is 15.9 Å². The highest BCUT2D eigenvalue weighted by Gasteiger charge is 2.18. The Kier molecular flexibility index (Phi) is 3.06. The molecule has 3 aromatic rings. The van der Waals surface area contributed by atoms with Crippen molar-refractivity contribution >= 4 is 27.4 Å². The van der Waals surface area contributed by atoms with Crippen LogP contribution < -0.4 is 0 Å². The maximum atomic E-state index is 11.3. The summed E-state index contributed by atoms with van der Waals surface area (Å²) in [6.45, 7) is 1.98. The Bertz CT molecular complexity index is 824. The number of pyridine rings is 1. The zero-order chi connectivity index (χ0) is 14.3. The number of aromatic carboxylic acids is 1. The fraction of sp³-hybridized carbons (Fsp3) is 0.0667. The lowest BCUT2D eigenvalue weighted by molar-refractivity contribution is 0.0693. The Balaban J connectivity index is 2.37. The van der Waals surface area contributed by atoms with Crippen molar-refractivity contribution in [2.75, 3.05) is 0 Å². The quantitative estimate of drug-likeness (QED) is 0.778. The van der Waals surface area contributed by atoms with E-state index < -0.39 is 5.97 Å². The summed E-state index contributed by atoms with van der Waals surface area (Å²) in [5.41, 5.74) is 2.61. The van der Waals surface area contributed by atoms with E-state index in [1.54, 1.807) is 16.5 Å². The number of hydrogen-bond donors (Lipinski definition) is 1. The maximum absolute atomic E-state index is 11.3. The highest BCUT2D eigenvalue weighted by molar-refractivity contribution is 9.10. The molecular formula is C15H11BrN2O2. The Labute approximate surface area is 123 Å². The molecule has 1 aromatic carbocycles. The summed E-state index contributed by atoms with van der Waals surface area (Å²) in [4.78, 5) is 15.6. The Morgan fingerprint density at radius 2 is 2.10 bits per heavy atom. The Morgan fingerprint density at radius 1 is 1.30 bits per heavy atom. The Morgan fingerprint density at radius 3 is 2.85 bits per heavy atom. The van der Waals surface area contributed by atoms with Crippen molar-refractivity contribution in [3.8, 4) is 11.4 Å². The van der Waals surface area contributed by atoms with Gasteiger partial charge in [0.1, 0.15) is 5.82 Å². The predicted molar refractivity (Wildman–Crippen MR) is 80.0 cm³/mol. The van der Waals surface area contributed by atoms with Crippen LogP contribution in [0.1, 0.15) is 16.1 Å². The van der Waals surface area contributed by atoms with Crippen LogP contribution in [0.5, 0.6) is 0 Å². The molecule has 0 fully saturated rings. The van der Waals surface area contributed by atoms with Crippen molar-refractivity contribution in [2.45, 2.75) is 6.92 Å². The number of imidazole rings is 1. The second kappa shape index (κ2) is 4.76. The molecule has 0 aliphatic heterocycles. The van der Waals surface area contributed by atoms with Crippen LogP contribution in [-0.2, 0) is 0 Å². The molecule has 0 spiro atoms. The summed E-state index contributed by atoms with van der Waals surface area (Å²) in [7, 11) is 0. The van der Waals surface area contributed by atoms with Crippen molar-refractivity contribution in [3.05, 3.63) is 58.3 Å². The van der Waals surface area contributed by atoms with Crippen LogP contribution in [0.15, 0.2) is 47.1 Å². The average molecular weight is 331 g/mol. The number of benzene rings is 1. The number of fused-ring (bicyclic) bond motifs is 1. The van der Waals surface area contributed by atoms with E-state index in [1.165, 1.54) is 0 Å². The van der Waals surface area contributed by atoms with Gasteiger partial charge in [-0.1, -0.05) is 28.1 Å². The van der Waals surface area contributed by atoms with Crippen LogP contribution in [-0.4, -0.2) is 20.5 Å². The highest BCUT2D eigenvalue weighted by atomic mass is 79.9. The van der Waals surface area contributed by atoms with Gasteiger partial charge in [-0.2, -0.15) is 0 Å². The van der Waals surface area contributed by atoms with E-state index in [-0.39, 0.29) is 5.69 Å². The number of hydrogen-bond acceptors (Lipinski definition) is 2. The first-order valence-electron chi connectivity index (χ1n) is 6.05. The zero-order valence-electron chi connectivity index (χ0n) is 10.7. The molecule has 0 atom stereocenters. The second-order valence-corrected chi connectivity index (χ2v) is 5.42. The third-order valence-corrected chi connectivity index (χ3v) is 3.68. The molecule has 0 saturated carbocycles. The van der Waals surface area contributed by atoms with Gasteiger partial charge in [-0.05, 0) is 36.8 Å². The van der Waals surface area contributed by atoms with Gasteiger partial charge in [-0.15, -0.1) is 0 Å². The zero-order valence-corrected chi connectivity index (χ0v) is 12.3. The fourth-order valence-corrected chi connectivity index (χ4v) is 2.58. The van der Waals surface area contributed by atoms with E-state index in [9.17, 15) is 9.90 Å². The fourth-order valence-electron chi connectivity index (χ4n) is 2.22. The summed E-state index contributed by atoms with van der Waals surface area (Å²) >= 11 is 3.44. The summed E-state index contributed by atoms with van der Waals surface area (Å²) in [5.74, 6) is -0.385. The van der Waals surface area contributed by atoms with E-state index in [1.807, 2.05) is 37.4 Å². The molecule has 0 unspecified atom stereocenters. The summed E-state index contributed by atoms with van der Waals surface area (Å²) in [5, 5.41) is 9.28. The van der Waals surface area contributed by atoms with Crippen LogP contribution in [0.3, 0.4) is 0 Å². The molecule has 0 aliphatic rings. The van der Waals surface area contributed by atoms with E-state index in [0.717, 1.165) is 15.6 Å². The first kappa shape index (κ1) is 12.9. The molecule has 1 N–H and O–H groups in total. The molecule has 20 heavy (non-hydrogen) atoms. The minimum Gasteiger partial charge on any atom is -0.476 e. The van der Waals surface area contributed by atoms with Gasteiger partial charge in [-0.3, -0.25) is 4.40 Å². The van der Waals surface area contributed by atoms with Gasteiger partial charge in [0, 0.05) is 16.2 Å². The van der Waals surface area contributed by atoms with Crippen LogP contribution in [0.25, 0.3) is 16.9 Å². The minimum absolute atomic E-state index is 0.0694. The third kappa shape index (κ3) is 2.00. The topological polar surface area (TPSA) is 54.6 Å². The second-order valence-electron chi connectivity index (χ2n) is 4.50. The van der Waals surface area contributed by atoms with Gasteiger partial charge in [0.15, 0.2) is 5.69 Å². The number of aryl methyl sites for hydroxylation is 1. The van der Waals surface area contributed by atoms with Gasteiger partial charge < -0.3 is 5.11 Å². The summed E-state index contributed by atoms with van der Waals surface area (Å²) in [6.07, 6.45) is 1.82. The minimum atomic E-state index is -1.02. The van der Waals surface area contributed by atoms with Crippen LogP contribution in [0, 0.1) is 6.92 Å². The molecule has 2 heterocycles. The van der Waals surface area contributed by atoms with E-state index >= 15 is 0 Å². The number of nitrogens with zero attached hydrogens (tertiary/aromatic N) is 2. The molecule has 4 nitrogen and oxygen atoms in total. The highest BCUT2D eigenvalue weighted by Crippen LogP contribution is 2.28. The number of carboxylic acids is 1. The van der Waals surface area contributed by atoms with Crippen LogP contribution in [0.4, 0.5) is 0 Å². The van der Waals surface area contributed by atoms with Crippen LogP contribution in [0.2, 0.25) is 0 Å². The van der Waals surface area contributed by atoms with Crippen molar-refractivity contribution in [1.82, 2.24) is 9.38 Å². The lowest BCUT2D eigenvalue weighted by atomic mass is 10.1. The van der Waals surface area contributed by atoms with Crippen molar-refractivity contribution in [1.29, 1.82) is 0 Å². The standard InChI is InChI=1S/C15H11BrN2O2/c1-9-5-6-10(16)8-11(9)14-17-13(15(19)20)12-4-2-3-7-18(12)14/h2-8H,1H3,(H,19,20). The molecule has 100 valence electrons. The predicted octanol–water partition coefficient (Wildman–Crippen LogP) is 3.77. The molecule has 2 aromatic heterocycles. The first-order chi connectivity index (χ1) is 9.58. The average Bonchev–Trinajstić information content (AvgIpc) is 2.81. The van der Waals surface area contributed by atoms with Gasteiger partial charge in [0.2, 0.25) is 0 Å².